The van der Waals surface area contributed by atoms with Crippen LogP contribution >= 0.6 is 15.9 Å². The third-order valence-electron chi connectivity index (χ3n) is 3.58. The highest BCUT2D eigenvalue weighted by Gasteiger charge is 2.11. The average Bonchev–Trinajstić information content (AvgIpc) is 2.41. The zero-order chi connectivity index (χ0) is 15.8. The van der Waals surface area contributed by atoms with Crippen LogP contribution in [0.4, 0.5) is 0 Å². The third-order valence-corrected chi connectivity index (χ3v) is 4.32. The van der Waals surface area contributed by atoms with Crippen molar-refractivity contribution in [2.24, 2.45) is 5.92 Å². The molecule has 120 valence electrons. The van der Waals surface area contributed by atoms with Crippen molar-refractivity contribution in [2.75, 3.05) is 27.3 Å². The maximum Gasteiger partial charge on any atom is 0.0615 e. The van der Waals surface area contributed by atoms with Crippen molar-refractivity contribution >= 4 is 15.9 Å². The Labute approximate surface area is 138 Å². The van der Waals surface area contributed by atoms with Crippen molar-refractivity contribution < 1.29 is 4.74 Å². The number of halogens is 1. The minimum atomic E-state index is 0.411. The molecule has 21 heavy (non-hydrogen) atoms. The van der Waals surface area contributed by atoms with Gasteiger partial charge < -0.3 is 10.1 Å². The normalized spacial score (nSPS) is 13.1. The average molecular weight is 357 g/mol. The summed E-state index contributed by atoms with van der Waals surface area (Å²) < 4.78 is 6.40. The van der Waals surface area contributed by atoms with Crippen molar-refractivity contribution in [1.29, 1.82) is 0 Å². The van der Waals surface area contributed by atoms with Crippen molar-refractivity contribution in [1.82, 2.24) is 10.2 Å². The fourth-order valence-corrected chi connectivity index (χ4v) is 2.68. The number of ether oxygens (including phenoxy) is 1. The minimum Gasteiger partial charge on any atom is -0.383 e. The van der Waals surface area contributed by atoms with E-state index in [1.165, 1.54) is 15.6 Å². The van der Waals surface area contributed by atoms with Gasteiger partial charge in [-0.2, -0.15) is 0 Å². The van der Waals surface area contributed by atoms with E-state index in [2.05, 4.69) is 72.2 Å². The van der Waals surface area contributed by atoms with Crippen LogP contribution in [0.3, 0.4) is 0 Å². The van der Waals surface area contributed by atoms with Gasteiger partial charge in [0.25, 0.3) is 0 Å². The van der Waals surface area contributed by atoms with Gasteiger partial charge in [-0.05, 0) is 43.6 Å². The van der Waals surface area contributed by atoms with Crippen molar-refractivity contribution in [3.05, 3.63) is 33.8 Å². The maximum atomic E-state index is 5.21. The molecular weight excluding hydrogens is 328 g/mol. The van der Waals surface area contributed by atoms with Crippen LogP contribution in [0.1, 0.15) is 31.9 Å². The molecule has 0 bridgehead atoms. The molecule has 4 heteroatoms. The summed E-state index contributed by atoms with van der Waals surface area (Å²) in [5.41, 5.74) is 2.63. The number of hydrogen-bond acceptors (Lipinski definition) is 3. The first-order valence-corrected chi connectivity index (χ1v) is 8.40. The molecule has 1 atom stereocenters. The van der Waals surface area contributed by atoms with Gasteiger partial charge >= 0.3 is 0 Å². The Bertz CT molecular complexity index is 423. The quantitative estimate of drug-likeness (QED) is 0.730. The van der Waals surface area contributed by atoms with E-state index in [-0.39, 0.29) is 0 Å². The first kappa shape index (κ1) is 18.6. The van der Waals surface area contributed by atoms with E-state index in [9.17, 15) is 0 Å². The van der Waals surface area contributed by atoms with E-state index in [0.29, 0.717) is 12.0 Å². The van der Waals surface area contributed by atoms with Crippen molar-refractivity contribution in [2.45, 2.75) is 39.9 Å². The number of rotatable bonds is 9. The summed E-state index contributed by atoms with van der Waals surface area (Å²) in [6.07, 6.45) is 0. The highest BCUT2D eigenvalue weighted by molar-refractivity contribution is 9.10. The highest BCUT2D eigenvalue weighted by atomic mass is 79.9. The molecular formula is C17H29BrN2O. The van der Waals surface area contributed by atoms with Gasteiger partial charge in [0.05, 0.1) is 6.61 Å². The predicted octanol–water partition coefficient (Wildman–Crippen LogP) is 3.66. The third kappa shape index (κ3) is 6.92. The molecule has 1 unspecified atom stereocenters. The van der Waals surface area contributed by atoms with Gasteiger partial charge in [-0.15, -0.1) is 0 Å². The fraction of sp³-hybridized carbons (Fsp3) is 0.647. The van der Waals surface area contributed by atoms with Crippen LogP contribution < -0.4 is 5.32 Å². The van der Waals surface area contributed by atoms with Crippen LogP contribution in [0.25, 0.3) is 0 Å². The summed E-state index contributed by atoms with van der Waals surface area (Å²) in [6.45, 7) is 10.3. The lowest BCUT2D eigenvalue weighted by atomic mass is 10.1. The largest absolute Gasteiger partial charge is 0.383 e. The molecule has 1 aromatic rings. The standard InChI is InChI=1S/C17H29BrN2O/c1-13(2)9-19-10-15-6-7-16(17(18)8-15)11-20(4)14(3)12-21-5/h6-8,13-14,19H,9-12H2,1-5H3. The zero-order valence-electron chi connectivity index (χ0n) is 13.9. The molecule has 0 spiro atoms. The molecule has 1 aromatic carbocycles. The molecule has 0 saturated carbocycles. The summed E-state index contributed by atoms with van der Waals surface area (Å²) in [5, 5.41) is 3.48. The topological polar surface area (TPSA) is 24.5 Å². The Morgan fingerprint density at radius 1 is 1.29 bits per heavy atom. The Hall–Kier alpha value is -0.420. The van der Waals surface area contributed by atoms with Crippen LogP contribution in [0, 0.1) is 5.92 Å². The Balaban J connectivity index is 2.57. The molecule has 1 N–H and O–H groups in total. The van der Waals surface area contributed by atoms with Crippen LogP contribution in [-0.4, -0.2) is 38.3 Å². The molecule has 0 heterocycles. The molecule has 0 amide bonds. The number of likely N-dealkylation sites (N-methyl/N-ethyl adjacent to an activating group) is 1. The fourth-order valence-electron chi connectivity index (χ4n) is 2.13. The van der Waals surface area contributed by atoms with Gasteiger partial charge in [0.15, 0.2) is 0 Å². The number of methoxy groups -OCH3 is 1. The Morgan fingerprint density at radius 3 is 2.57 bits per heavy atom. The number of hydrogen-bond donors (Lipinski definition) is 1. The SMILES string of the molecule is COCC(C)N(C)Cc1ccc(CNCC(C)C)cc1Br. The van der Waals surface area contributed by atoms with Gasteiger partial charge in [0.1, 0.15) is 0 Å². The summed E-state index contributed by atoms with van der Waals surface area (Å²) in [7, 11) is 3.88. The number of nitrogens with one attached hydrogen (secondary N) is 1. The molecule has 0 aliphatic carbocycles. The van der Waals surface area contributed by atoms with Crippen LogP contribution in [0.5, 0.6) is 0 Å². The van der Waals surface area contributed by atoms with Crippen LogP contribution in [-0.2, 0) is 17.8 Å². The molecule has 0 aromatic heterocycles. The summed E-state index contributed by atoms with van der Waals surface area (Å²) >= 11 is 3.70. The second kappa shape index (κ2) is 9.57. The van der Waals surface area contributed by atoms with Crippen LogP contribution in [0.2, 0.25) is 0 Å². The van der Waals surface area contributed by atoms with Crippen molar-refractivity contribution in [3.8, 4) is 0 Å². The van der Waals surface area contributed by atoms with Gasteiger partial charge in [0, 0.05) is 30.7 Å². The van der Waals surface area contributed by atoms with E-state index < -0.39 is 0 Å². The molecule has 1 rings (SSSR count). The van der Waals surface area contributed by atoms with E-state index in [1.807, 2.05) is 0 Å². The van der Waals surface area contributed by atoms with Gasteiger partial charge in [-0.3, -0.25) is 4.90 Å². The lowest BCUT2D eigenvalue weighted by molar-refractivity contribution is 0.112. The van der Waals surface area contributed by atoms with E-state index in [4.69, 9.17) is 4.74 Å². The minimum absolute atomic E-state index is 0.411. The first-order valence-electron chi connectivity index (χ1n) is 7.61. The second-order valence-electron chi connectivity index (χ2n) is 6.17. The molecule has 0 fully saturated rings. The summed E-state index contributed by atoms with van der Waals surface area (Å²) in [5.74, 6) is 0.684. The van der Waals surface area contributed by atoms with Crippen LogP contribution in [0.15, 0.2) is 22.7 Å². The predicted molar refractivity (Wildman–Crippen MR) is 93.5 cm³/mol. The summed E-state index contributed by atoms with van der Waals surface area (Å²) in [6, 6.07) is 7.06. The Kier molecular flexibility index (Phi) is 8.49. The zero-order valence-corrected chi connectivity index (χ0v) is 15.5. The smallest absolute Gasteiger partial charge is 0.0615 e. The van der Waals surface area contributed by atoms with Crippen molar-refractivity contribution in [3.63, 3.8) is 0 Å². The Morgan fingerprint density at radius 2 is 2.00 bits per heavy atom. The van der Waals surface area contributed by atoms with Gasteiger partial charge in [0.2, 0.25) is 0 Å². The number of nitrogens with zero attached hydrogens (tertiary/aromatic N) is 1. The van der Waals surface area contributed by atoms with E-state index in [0.717, 1.165) is 26.2 Å². The molecule has 0 aliphatic rings. The van der Waals surface area contributed by atoms with E-state index >= 15 is 0 Å². The highest BCUT2D eigenvalue weighted by Crippen LogP contribution is 2.20. The monoisotopic (exact) mass is 356 g/mol. The van der Waals surface area contributed by atoms with Gasteiger partial charge in [-0.25, -0.2) is 0 Å². The molecule has 0 radical (unpaired) electrons. The first-order chi connectivity index (χ1) is 9.93. The van der Waals surface area contributed by atoms with E-state index in [1.54, 1.807) is 7.11 Å². The molecule has 0 saturated heterocycles. The van der Waals surface area contributed by atoms with Gasteiger partial charge in [-0.1, -0.05) is 41.9 Å². The second-order valence-corrected chi connectivity index (χ2v) is 7.02. The molecule has 0 aliphatic heterocycles. The number of benzene rings is 1. The molecule has 3 nitrogen and oxygen atoms in total. The maximum absolute atomic E-state index is 5.21. The lowest BCUT2D eigenvalue weighted by Crippen LogP contribution is -2.32. The summed E-state index contributed by atoms with van der Waals surface area (Å²) in [4.78, 5) is 2.31. The lowest BCUT2D eigenvalue weighted by Gasteiger charge is -2.24.